The Kier molecular flexibility index (Phi) is 5.29. The summed E-state index contributed by atoms with van der Waals surface area (Å²) in [6.45, 7) is 1.91. The van der Waals surface area contributed by atoms with Crippen LogP contribution in [0.15, 0.2) is 23.1 Å². The maximum atomic E-state index is 13.7. The van der Waals surface area contributed by atoms with Crippen LogP contribution in [0.5, 0.6) is 0 Å². The molecule has 4 nitrogen and oxygen atoms in total. The number of nitrogens with zero attached hydrogens (tertiary/aromatic N) is 2. The lowest BCUT2D eigenvalue weighted by molar-refractivity contribution is 0.347. The highest BCUT2D eigenvalue weighted by atomic mass is 19.2. The molecule has 1 heterocycles. The van der Waals surface area contributed by atoms with Gasteiger partial charge in [-0.2, -0.15) is 9.37 Å². The normalized spacial score (nSPS) is 20.2. The highest BCUT2D eigenvalue weighted by molar-refractivity contribution is 5.30. The number of aromatic nitrogens is 2. The summed E-state index contributed by atoms with van der Waals surface area (Å²) in [6.07, 6.45) is 5.00. The van der Waals surface area contributed by atoms with Gasteiger partial charge in [0.1, 0.15) is 0 Å². The zero-order valence-corrected chi connectivity index (χ0v) is 14.2. The molecular formula is C18H19F4N3O. The number of anilines is 1. The Morgan fingerprint density at radius 1 is 1.12 bits per heavy atom. The van der Waals surface area contributed by atoms with E-state index in [0.717, 1.165) is 44.0 Å². The maximum absolute atomic E-state index is 13.7. The lowest BCUT2D eigenvalue weighted by Gasteiger charge is -2.30. The van der Waals surface area contributed by atoms with Gasteiger partial charge in [0.25, 0.3) is 0 Å². The summed E-state index contributed by atoms with van der Waals surface area (Å²) in [7, 11) is 0. The molecule has 0 aliphatic heterocycles. The molecule has 1 aromatic heterocycles. The predicted molar refractivity (Wildman–Crippen MR) is 88.9 cm³/mol. The number of hydrogen-bond acceptors (Lipinski definition) is 3. The molecule has 140 valence electrons. The lowest BCUT2D eigenvalue weighted by Crippen LogP contribution is -2.33. The van der Waals surface area contributed by atoms with E-state index in [4.69, 9.17) is 0 Å². The van der Waals surface area contributed by atoms with Gasteiger partial charge in [-0.3, -0.25) is 4.79 Å². The van der Waals surface area contributed by atoms with Crippen molar-refractivity contribution in [3.05, 3.63) is 57.5 Å². The Bertz CT molecular complexity index is 845. The summed E-state index contributed by atoms with van der Waals surface area (Å²) >= 11 is 0. The first kappa shape index (κ1) is 18.4. The standard InChI is InChI=1S/C18H19F4N3O/c1-10-4-2-3-5-15(10)23-18-24-17(26)14(21)9-25(18)8-11-6-12(19)16(22)13(20)7-11/h6-7,9-10,15H,2-5,8H2,1H3,(H,23,24,26). The largest absolute Gasteiger partial charge is 0.353 e. The minimum Gasteiger partial charge on any atom is -0.353 e. The van der Waals surface area contributed by atoms with Gasteiger partial charge in [-0.25, -0.2) is 13.2 Å². The van der Waals surface area contributed by atoms with Gasteiger partial charge in [0.05, 0.1) is 6.54 Å². The minimum atomic E-state index is -1.56. The molecule has 1 aliphatic rings. The van der Waals surface area contributed by atoms with E-state index in [9.17, 15) is 22.4 Å². The summed E-state index contributed by atoms with van der Waals surface area (Å²) < 4.78 is 55.0. The van der Waals surface area contributed by atoms with Crippen LogP contribution in [0.3, 0.4) is 0 Å². The molecule has 1 N–H and O–H groups in total. The van der Waals surface area contributed by atoms with Crippen LogP contribution in [0.4, 0.5) is 23.5 Å². The highest BCUT2D eigenvalue weighted by Gasteiger charge is 2.23. The van der Waals surface area contributed by atoms with Crippen LogP contribution in [0.2, 0.25) is 0 Å². The van der Waals surface area contributed by atoms with Gasteiger partial charge in [0.15, 0.2) is 17.5 Å². The number of halogens is 4. The van der Waals surface area contributed by atoms with Crippen LogP contribution < -0.4 is 10.9 Å². The van der Waals surface area contributed by atoms with Gasteiger partial charge in [0.2, 0.25) is 11.8 Å². The topological polar surface area (TPSA) is 46.9 Å². The third-order valence-electron chi connectivity index (χ3n) is 4.78. The quantitative estimate of drug-likeness (QED) is 0.658. The fraction of sp³-hybridized carbons (Fsp3) is 0.444. The Morgan fingerprint density at radius 2 is 1.77 bits per heavy atom. The summed E-state index contributed by atoms with van der Waals surface area (Å²) in [5.74, 6) is -4.82. The molecule has 2 unspecified atom stereocenters. The fourth-order valence-electron chi connectivity index (χ4n) is 3.30. The highest BCUT2D eigenvalue weighted by Crippen LogP contribution is 2.26. The Balaban J connectivity index is 1.93. The fourth-order valence-corrected chi connectivity index (χ4v) is 3.30. The average Bonchev–Trinajstić information content (AvgIpc) is 2.59. The lowest BCUT2D eigenvalue weighted by atomic mass is 9.86. The van der Waals surface area contributed by atoms with Crippen LogP contribution in [-0.4, -0.2) is 15.6 Å². The first-order chi connectivity index (χ1) is 12.3. The zero-order valence-electron chi connectivity index (χ0n) is 14.2. The van der Waals surface area contributed by atoms with E-state index in [-0.39, 0.29) is 24.1 Å². The van der Waals surface area contributed by atoms with Crippen molar-refractivity contribution in [1.82, 2.24) is 9.55 Å². The van der Waals surface area contributed by atoms with E-state index in [1.807, 2.05) is 0 Å². The van der Waals surface area contributed by atoms with Crippen molar-refractivity contribution >= 4 is 5.95 Å². The van der Waals surface area contributed by atoms with Crippen molar-refractivity contribution < 1.29 is 17.6 Å². The van der Waals surface area contributed by atoms with Crippen molar-refractivity contribution in [3.8, 4) is 0 Å². The second-order valence-electron chi connectivity index (χ2n) is 6.73. The predicted octanol–water partition coefficient (Wildman–Crippen LogP) is 3.84. The van der Waals surface area contributed by atoms with Crippen LogP contribution in [0.25, 0.3) is 0 Å². The van der Waals surface area contributed by atoms with E-state index in [1.165, 1.54) is 4.57 Å². The number of benzene rings is 1. The van der Waals surface area contributed by atoms with E-state index in [1.54, 1.807) is 0 Å². The molecule has 1 aromatic carbocycles. The van der Waals surface area contributed by atoms with Crippen molar-refractivity contribution in [2.24, 2.45) is 5.92 Å². The Morgan fingerprint density at radius 3 is 2.42 bits per heavy atom. The minimum absolute atomic E-state index is 0.0639. The number of rotatable bonds is 4. The van der Waals surface area contributed by atoms with Gasteiger partial charge in [-0.15, -0.1) is 0 Å². The molecule has 2 atom stereocenters. The SMILES string of the molecule is CC1CCCCC1Nc1nc(=O)c(F)cn1Cc1cc(F)c(F)c(F)c1. The van der Waals surface area contributed by atoms with E-state index < -0.39 is 28.8 Å². The van der Waals surface area contributed by atoms with Crippen LogP contribution in [0.1, 0.15) is 38.2 Å². The van der Waals surface area contributed by atoms with E-state index in [0.29, 0.717) is 5.92 Å². The van der Waals surface area contributed by atoms with Crippen molar-refractivity contribution in [2.45, 2.75) is 45.2 Å². The van der Waals surface area contributed by atoms with Crippen LogP contribution in [0, 0.1) is 29.2 Å². The molecule has 0 bridgehead atoms. The summed E-state index contributed by atoms with van der Waals surface area (Å²) in [6, 6.07) is 1.73. The number of hydrogen-bond donors (Lipinski definition) is 1. The maximum Gasteiger partial charge on any atom is 0.310 e. The second kappa shape index (κ2) is 7.47. The molecule has 3 rings (SSSR count). The first-order valence-electron chi connectivity index (χ1n) is 8.52. The average molecular weight is 369 g/mol. The summed E-state index contributed by atoms with van der Waals surface area (Å²) in [5.41, 5.74) is -0.922. The third kappa shape index (κ3) is 3.89. The third-order valence-corrected chi connectivity index (χ3v) is 4.78. The van der Waals surface area contributed by atoms with Crippen molar-refractivity contribution in [3.63, 3.8) is 0 Å². The van der Waals surface area contributed by atoms with Gasteiger partial charge >= 0.3 is 5.56 Å². The molecular weight excluding hydrogens is 350 g/mol. The summed E-state index contributed by atoms with van der Waals surface area (Å²) in [5, 5.41) is 3.15. The Hall–Kier alpha value is -2.38. The first-order valence-corrected chi connectivity index (χ1v) is 8.52. The van der Waals surface area contributed by atoms with Gasteiger partial charge in [0, 0.05) is 12.2 Å². The van der Waals surface area contributed by atoms with Gasteiger partial charge in [-0.1, -0.05) is 19.8 Å². The Labute approximate surface area is 147 Å². The molecule has 1 aliphatic carbocycles. The molecule has 1 fully saturated rings. The molecule has 0 radical (unpaired) electrons. The zero-order chi connectivity index (χ0) is 18.8. The summed E-state index contributed by atoms with van der Waals surface area (Å²) in [4.78, 5) is 15.3. The van der Waals surface area contributed by atoms with Crippen LogP contribution >= 0.6 is 0 Å². The van der Waals surface area contributed by atoms with E-state index >= 15 is 0 Å². The van der Waals surface area contributed by atoms with E-state index in [2.05, 4.69) is 17.2 Å². The van der Waals surface area contributed by atoms with Crippen molar-refractivity contribution in [2.75, 3.05) is 5.32 Å². The monoisotopic (exact) mass is 369 g/mol. The van der Waals surface area contributed by atoms with Gasteiger partial charge < -0.3 is 9.88 Å². The molecule has 2 aromatic rings. The molecule has 1 saturated carbocycles. The van der Waals surface area contributed by atoms with Crippen LogP contribution in [-0.2, 0) is 6.54 Å². The molecule has 8 heteroatoms. The molecule has 0 spiro atoms. The smallest absolute Gasteiger partial charge is 0.310 e. The molecule has 0 saturated heterocycles. The van der Waals surface area contributed by atoms with Gasteiger partial charge in [-0.05, 0) is 36.5 Å². The second-order valence-corrected chi connectivity index (χ2v) is 6.73. The number of nitrogens with one attached hydrogen (secondary N) is 1. The molecule has 0 amide bonds. The molecule has 26 heavy (non-hydrogen) atoms. The van der Waals surface area contributed by atoms with Crippen molar-refractivity contribution in [1.29, 1.82) is 0 Å².